The zero-order valence-corrected chi connectivity index (χ0v) is 15.3. The summed E-state index contributed by atoms with van der Waals surface area (Å²) in [7, 11) is 1.91. The largest absolute Gasteiger partial charge is 0.343 e. The summed E-state index contributed by atoms with van der Waals surface area (Å²) < 4.78 is 0. The number of rotatable bonds is 7. The number of benzene rings is 1. The molecule has 0 spiro atoms. The number of piperidine rings is 1. The van der Waals surface area contributed by atoms with Gasteiger partial charge in [0, 0.05) is 24.2 Å². The second-order valence-corrected chi connectivity index (χ2v) is 6.81. The molecule has 140 valence electrons. The first-order valence-corrected chi connectivity index (χ1v) is 9.38. The average molecular weight is 357 g/mol. The van der Waals surface area contributed by atoms with Crippen LogP contribution in [0.1, 0.15) is 44.1 Å². The lowest BCUT2D eigenvalue weighted by molar-refractivity contribution is -0.126. The van der Waals surface area contributed by atoms with Gasteiger partial charge in [-0.3, -0.25) is 9.59 Å². The van der Waals surface area contributed by atoms with Crippen LogP contribution in [0.3, 0.4) is 0 Å². The maximum Gasteiger partial charge on any atom is 0.262 e. The Kier molecular flexibility index (Phi) is 6.22. The highest BCUT2D eigenvalue weighted by atomic mass is 16.2. The minimum absolute atomic E-state index is 0.0213. The minimum Gasteiger partial charge on any atom is -0.343 e. The molecule has 0 aromatic heterocycles. The number of carbonyl (C=O) groups excluding carboxylic acids is 2. The van der Waals surface area contributed by atoms with Gasteiger partial charge in [0.1, 0.15) is 6.04 Å². The Balaban J connectivity index is 1.67. The normalized spacial score (nSPS) is 19.4. The molecule has 0 radical (unpaired) electrons. The standard InChI is InChI=1S/C19H27N5O2/c1-20-11-4-2-10-17(25)21-15-8-6-7-14(13-15)18-22-23-19(26)16-9-3-5-12-24(16)18/h6-8,13,16,20H,2-5,9-12H2,1H3,(H,21,25)(H,23,26). The third-order valence-electron chi connectivity index (χ3n) is 4.83. The summed E-state index contributed by atoms with van der Waals surface area (Å²) >= 11 is 0. The van der Waals surface area contributed by atoms with Crippen molar-refractivity contribution < 1.29 is 9.59 Å². The molecule has 1 aromatic carbocycles. The van der Waals surface area contributed by atoms with E-state index in [1.807, 2.05) is 31.3 Å². The van der Waals surface area contributed by atoms with E-state index in [1.54, 1.807) is 0 Å². The van der Waals surface area contributed by atoms with Gasteiger partial charge in [0.05, 0.1) is 0 Å². The topological polar surface area (TPSA) is 85.8 Å². The maximum absolute atomic E-state index is 12.1. The minimum atomic E-state index is -0.137. The van der Waals surface area contributed by atoms with E-state index in [0.29, 0.717) is 6.42 Å². The summed E-state index contributed by atoms with van der Waals surface area (Å²) in [5.74, 6) is 0.770. The predicted molar refractivity (Wildman–Crippen MR) is 102 cm³/mol. The van der Waals surface area contributed by atoms with Crippen molar-refractivity contribution in [1.29, 1.82) is 0 Å². The van der Waals surface area contributed by atoms with Crippen LogP contribution in [-0.2, 0) is 9.59 Å². The second kappa shape index (κ2) is 8.80. The third kappa shape index (κ3) is 4.40. The molecule has 7 nitrogen and oxygen atoms in total. The number of unbranched alkanes of at least 4 members (excludes halogenated alkanes) is 1. The fourth-order valence-electron chi connectivity index (χ4n) is 3.48. The van der Waals surface area contributed by atoms with Crippen LogP contribution in [0, 0.1) is 0 Å². The molecule has 1 aromatic rings. The number of fused-ring (bicyclic) bond motifs is 1. The van der Waals surface area contributed by atoms with E-state index >= 15 is 0 Å². The Hall–Kier alpha value is -2.41. The van der Waals surface area contributed by atoms with Crippen molar-refractivity contribution in [1.82, 2.24) is 15.6 Å². The highest BCUT2D eigenvalue weighted by molar-refractivity contribution is 6.05. The van der Waals surface area contributed by atoms with Crippen molar-refractivity contribution in [2.24, 2.45) is 5.10 Å². The summed E-state index contributed by atoms with van der Waals surface area (Å²) in [6, 6.07) is 7.54. The summed E-state index contributed by atoms with van der Waals surface area (Å²) in [6.45, 7) is 1.75. The Labute approximate surface area is 154 Å². The highest BCUT2D eigenvalue weighted by Crippen LogP contribution is 2.24. The first-order chi connectivity index (χ1) is 12.7. The fourth-order valence-corrected chi connectivity index (χ4v) is 3.48. The van der Waals surface area contributed by atoms with Crippen molar-refractivity contribution >= 4 is 23.3 Å². The number of hydrazone groups is 1. The molecule has 2 aliphatic rings. The fraction of sp³-hybridized carbons (Fsp3) is 0.526. The van der Waals surface area contributed by atoms with Gasteiger partial charge in [-0.25, -0.2) is 5.43 Å². The number of hydrogen-bond donors (Lipinski definition) is 3. The van der Waals surface area contributed by atoms with Gasteiger partial charge in [0.25, 0.3) is 5.91 Å². The van der Waals surface area contributed by atoms with E-state index in [4.69, 9.17) is 0 Å². The Morgan fingerprint density at radius 2 is 2.23 bits per heavy atom. The van der Waals surface area contributed by atoms with Gasteiger partial charge >= 0.3 is 0 Å². The van der Waals surface area contributed by atoms with Gasteiger partial charge in [-0.05, 0) is 57.8 Å². The predicted octanol–water partition coefficient (Wildman–Crippen LogP) is 1.66. The second-order valence-electron chi connectivity index (χ2n) is 6.81. The van der Waals surface area contributed by atoms with E-state index < -0.39 is 0 Å². The average Bonchev–Trinajstić information content (AvgIpc) is 2.66. The number of carbonyl (C=O) groups is 2. The molecule has 3 N–H and O–H groups in total. The molecule has 1 saturated heterocycles. The number of amidine groups is 1. The first-order valence-electron chi connectivity index (χ1n) is 9.38. The van der Waals surface area contributed by atoms with E-state index in [-0.39, 0.29) is 17.9 Å². The molecule has 2 aliphatic heterocycles. The van der Waals surface area contributed by atoms with Crippen LogP contribution in [0.2, 0.25) is 0 Å². The lowest BCUT2D eigenvalue weighted by Gasteiger charge is -2.39. The van der Waals surface area contributed by atoms with Crippen LogP contribution in [-0.4, -0.2) is 48.7 Å². The van der Waals surface area contributed by atoms with Gasteiger partial charge in [-0.1, -0.05) is 12.1 Å². The number of anilines is 1. The van der Waals surface area contributed by atoms with Crippen molar-refractivity contribution in [3.63, 3.8) is 0 Å². The monoisotopic (exact) mass is 357 g/mol. The lowest BCUT2D eigenvalue weighted by Crippen LogP contribution is -2.55. The Bertz CT molecular complexity index is 688. The van der Waals surface area contributed by atoms with E-state index in [0.717, 1.165) is 62.3 Å². The molecule has 0 saturated carbocycles. The Morgan fingerprint density at radius 1 is 1.35 bits per heavy atom. The van der Waals surface area contributed by atoms with E-state index in [9.17, 15) is 9.59 Å². The number of hydrogen-bond acceptors (Lipinski definition) is 5. The van der Waals surface area contributed by atoms with Gasteiger partial charge in [-0.15, -0.1) is 0 Å². The van der Waals surface area contributed by atoms with Crippen molar-refractivity contribution in [2.75, 3.05) is 25.5 Å². The quantitative estimate of drug-likeness (QED) is 0.648. The van der Waals surface area contributed by atoms with Crippen LogP contribution >= 0.6 is 0 Å². The van der Waals surface area contributed by atoms with Crippen LogP contribution in [0.5, 0.6) is 0 Å². The number of nitrogens with one attached hydrogen (secondary N) is 3. The molecule has 2 amide bonds. The molecule has 0 aliphatic carbocycles. The van der Waals surface area contributed by atoms with Crippen molar-refractivity contribution in [2.45, 2.75) is 44.6 Å². The summed E-state index contributed by atoms with van der Waals surface area (Å²) in [5.41, 5.74) is 4.31. The van der Waals surface area contributed by atoms with Crippen LogP contribution in [0.25, 0.3) is 0 Å². The molecule has 3 rings (SSSR count). The third-order valence-corrected chi connectivity index (χ3v) is 4.83. The molecule has 1 fully saturated rings. The molecule has 2 heterocycles. The summed E-state index contributed by atoms with van der Waals surface area (Å²) in [4.78, 5) is 26.2. The van der Waals surface area contributed by atoms with E-state index in [1.165, 1.54) is 0 Å². The lowest BCUT2D eigenvalue weighted by atomic mass is 9.99. The maximum atomic E-state index is 12.1. The van der Waals surface area contributed by atoms with Gasteiger partial charge in [-0.2, -0.15) is 5.10 Å². The SMILES string of the molecule is CNCCCCC(=O)Nc1cccc(C2=NNC(=O)C3CCCCN23)c1. The first kappa shape index (κ1) is 18.4. The smallest absolute Gasteiger partial charge is 0.262 e. The zero-order valence-electron chi connectivity index (χ0n) is 15.3. The highest BCUT2D eigenvalue weighted by Gasteiger charge is 2.34. The number of nitrogens with zero attached hydrogens (tertiary/aromatic N) is 2. The summed E-state index contributed by atoms with van der Waals surface area (Å²) in [5, 5.41) is 10.3. The number of amides is 2. The molecule has 0 bridgehead atoms. The molecule has 7 heteroatoms. The van der Waals surface area contributed by atoms with Crippen LogP contribution in [0.15, 0.2) is 29.4 Å². The van der Waals surface area contributed by atoms with E-state index in [2.05, 4.69) is 26.1 Å². The van der Waals surface area contributed by atoms with Crippen LogP contribution < -0.4 is 16.1 Å². The molecule has 1 unspecified atom stereocenters. The Morgan fingerprint density at radius 3 is 3.08 bits per heavy atom. The van der Waals surface area contributed by atoms with Gasteiger partial charge in [0.2, 0.25) is 5.91 Å². The van der Waals surface area contributed by atoms with Gasteiger partial charge in [0.15, 0.2) is 5.84 Å². The molecule has 1 atom stereocenters. The zero-order chi connectivity index (χ0) is 18.4. The van der Waals surface area contributed by atoms with Crippen molar-refractivity contribution in [3.05, 3.63) is 29.8 Å². The molecule has 26 heavy (non-hydrogen) atoms. The van der Waals surface area contributed by atoms with Crippen molar-refractivity contribution in [3.8, 4) is 0 Å². The summed E-state index contributed by atoms with van der Waals surface area (Å²) in [6.07, 6.45) is 5.33. The molecular formula is C19H27N5O2. The van der Waals surface area contributed by atoms with Gasteiger partial charge < -0.3 is 15.5 Å². The molecular weight excluding hydrogens is 330 g/mol. The van der Waals surface area contributed by atoms with Crippen LogP contribution in [0.4, 0.5) is 5.69 Å².